The summed E-state index contributed by atoms with van der Waals surface area (Å²) in [5, 5.41) is 4.20. The van der Waals surface area contributed by atoms with Crippen LogP contribution in [0, 0.1) is 12.8 Å². The van der Waals surface area contributed by atoms with Gasteiger partial charge in [-0.05, 0) is 50.2 Å². The molecule has 1 aromatic carbocycles. The second-order valence-electron chi connectivity index (χ2n) is 9.33. The molecule has 2 aliphatic heterocycles. The second-order valence-corrected chi connectivity index (χ2v) is 9.33. The fourth-order valence-corrected chi connectivity index (χ4v) is 5.04. The van der Waals surface area contributed by atoms with Gasteiger partial charge in [-0.25, -0.2) is 0 Å². The number of likely N-dealkylation sites (tertiary alicyclic amines) is 1. The number of nitrogens with zero attached hydrogens (tertiary/aromatic N) is 4. The molecule has 1 amide bonds. The Kier molecular flexibility index (Phi) is 6.31. The highest BCUT2D eigenvalue weighted by molar-refractivity contribution is 5.97. The maximum atomic E-state index is 13.3. The number of rotatable bonds is 6. The summed E-state index contributed by atoms with van der Waals surface area (Å²) < 4.78 is 13.0. The van der Waals surface area contributed by atoms with Gasteiger partial charge in [-0.1, -0.05) is 35.5 Å². The topological polar surface area (TPSA) is 73.4 Å². The van der Waals surface area contributed by atoms with Crippen LogP contribution in [-0.2, 0) is 18.2 Å². The van der Waals surface area contributed by atoms with E-state index in [9.17, 15) is 4.79 Å². The van der Waals surface area contributed by atoms with Crippen molar-refractivity contribution < 1.29 is 14.1 Å². The summed E-state index contributed by atoms with van der Waals surface area (Å²) in [7, 11) is 2.03. The van der Waals surface area contributed by atoms with E-state index < -0.39 is 0 Å². The molecule has 1 unspecified atom stereocenters. The molecule has 0 aliphatic carbocycles. The van der Waals surface area contributed by atoms with Crippen LogP contribution >= 0.6 is 0 Å². The van der Waals surface area contributed by atoms with Crippen molar-refractivity contribution in [2.24, 2.45) is 13.0 Å². The van der Waals surface area contributed by atoms with Gasteiger partial charge in [0.15, 0.2) is 5.82 Å². The Morgan fingerprint density at radius 1 is 1.15 bits per heavy atom. The third-order valence-corrected chi connectivity index (χ3v) is 7.24. The Labute approximate surface area is 194 Å². The minimum atomic E-state index is 0.133. The molecule has 0 N–H and O–H groups in total. The van der Waals surface area contributed by atoms with Crippen molar-refractivity contribution in [2.45, 2.75) is 44.9 Å². The Hall–Kier alpha value is -2.93. The van der Waals surface area contributed by atoms with Crippen LogP contribution in [0.25, 0.3) is 11.3 Å². The SMILES string of the molecule is Cc1c(C(=O)N2CCC(CCc3noc(C4CCOCC4)n3)C2)cc(-c2ccccc2)n1C. The molecule has 174 valence electrons. The number of carbonyl (C=O) groups is 1. The van der Waals surface area contributed by atoms with E-state index in [0.29, 0.717) is 11.8 Å². The lowest BCUT2D eigenvalue weighted by atomic mass is 10.0. The van der Waals surface area contributed by atoms with Crippen molar-refractivity contribution in [3.63, 3.8) is 0 Å². The Balaban J connectivity index is 1.19. The number of amides is 1. The van der Waals surface area contributed by atoms with Crippen LogP contribution in [0.3, 0.4) is 0 Å². The molecular weight excluding hydrogens is 416 g/mol. The van der Waals surface area contributed by atoms with Crippen molar-refractivity contribution >= 4 is 5.91 Å². The lowest BCUT2D eigenvalue weighted by molar-refractivity contribution is 0.0778. The number of aromatic nitrogens is 3. The first-order chi connectivity index (χ1) is 16.1. The summed E-state index contributed by atoms with van der Waals surface area (Å²) in [6.07, 6.45) is 4.69. The summed E-state index contributed by atoms with van der Waals surface area (Å²) in [4.78, 5) is 20.0. The number of benzene rings is 1. The predicted molar refractivity (Wildman–Crippen MR) is 125 cm³/mol. The van der Waals surface area contributed by atoms with Crippen LogP contribution in [0.15, 0.2) is 40.9 Å². The Bertz CT molecular complexity index is 1100. The van der Waals surface area contributed by atoms with Crippen molar-refractivity contribution in [2.75, 3.05) is 26.3 Å². The fraction of sp³-hybridized carbons (Fsp3) is 0.500. The van der Waals surface area contributed by atoms with Crippen LogP contribution in [0.1, 0.15) is 59.4 Å². The van der Waals surface area contributed by atoms with Gasteiger partial charge in [0.25, 0.3) is 5.91 Å². The van der Waals surface area contributed by atoms with Crippen LogP contribution in [0.5, 0.6) is 0 Å². The number of carbonyl (C=O) groups excluding carboxylic acids is 1. The van der Waals surface area contributed by atoms with Gasteiger partial charge in [0.1, 0.15) is 0 Å². The maximum absolute atomic E-state index is 13.3. The van der Waals surface area contributed by atoms with Gasteiger partial charge in [0, 0.05) is 57.1 Å². The first-order valence-corrected chi connectivity index (χ1v) is 12.0. The molecule has 33 heavy (non-hydrogen) atoms. The highest BCUT2D eigenvalue weighted by Gasteiger charge is 2.29. The van der Waals surface area contributed by atoms with E-state index in [1.165, 1.54) is 0 Å². The van der Waals surface area contributed by atoms with Gasteiger partial charge in [-0.2, -0.15) is 4.98 Å². The third kappa shape index (κ3) is 4.60. The smallest absolute Gasteiger partial charge is 0.255 e. The van der Waals surface area contributed by atoms with Gasteiger partial charge in [-0.3, -0.25) is 4.79 Å². The molecule has 0 bridgehead atoms. The monoisotopic (exact) mass is 448 g/mol. The van der Waals surface area contributed by atoms with Crippen LogP contribution in [0.2, 0.25) is 0 Å². The summed E-state index contributed by atoms with van der Waals surface area (Å²) in [5.41, 5.74) is 4.01. The van der Waals surface area contributed by atoms with Gasteiger partial charge in [0.2, 0.25) is 5.89 Å². The summed E-state index contributed by atoms with van der Waals surface area (Å²) in [6.45, 7) is 5.15. The molecule has 2 aliphatic rings. The zero-order valence-corrected chi connectivity index (χ0v) is 19.5. The van der Waals surface area contributed by atoms with E-state index in [2.05, 4.69) is 26.8 Å². The molecule has 7 nitrogen and oxygen atoms in total. The van der Waals surface area contributed by atoms with Gasteiger partial charge in [0.05, 0.1) is 5.56 Å². The molecule has 3 aromatic rings. The van der Waals surface area contributed by atoms with E-state index >= 15 is 0 Å². The molecule has 4 heterocycles. The largest absolute Gasteiger partial charge is 0.381 e. The number of hydrogen-bond acceptors (Lipinski definition) is 5. The predicted octanol–water partition coefficient (Wildman–Crippen LogP) is 4.37. The lowest BCUT2D eigenvalue weighted by Gasteiger charge is -2.18. The molecule has 0 radical (unpaired) electrons. The minimum absolute atomic E-state index is 0.133. The van der Waals surface area contributed by atoms with Gasteiger partial charge >= 0.3 is 0 Å². The summed E-state index contributed by atoms with van der Waals surface area (Å²) >= 11 is 0. The molecule has 1 atom stereocenters. The number of aryl methyl sites for hydroxylation is 1. The third-order valence-electron chi connectivity index (χ3n) is 7.24. The highest BCUT2D eigenvalue weighted by atomic mass is 16.5. The Morgan fingerprint density at radius 3 is 2.73 bits per heavy atom. The van der Waals surface area contributed by atoms with Crippen molar-refractivity contribution in [3.05, 3.63) is 59.4 Å². The van der Waals surface area contributed by atoms with Crippen molar-refractivity contribution in [1.82, 2.24) is 19.6 Å². The average Bonchev–Trinajstić information content (AvgIpc) is 3.59. The molecular formula is C26H32N4O3. The zero-order chi connectivity index (χ0) is 22.8. The van der Waals surface area contributed by atoms with E-state index in [1.54, 1.807) is 0 Å². The molecule has 2 saturated heterocycles. The first kappa shape index (κ1) is 21.9. The molecule has 2 aromatic heterocycles. The summed E-state index contributed by atoms with van der Waals surface area (Å²) in [6, 6.07) is 12.3. The Morgan fingerprint density at radius 2 is 1.94 bits per heavy atom. The molecule has 5 rings (SSSR count). The van der Waals surface area contributed by atoms with Crippen LogP contribution < -0.4 is 0 Å². The minimum Gasteiger partial charge on any atom is -0.381 e. The second kappa shape index (κ2) is 9.51. The van der Waals surface area contributed by atoms with E-state index in [-0.39, 0.29) is 5.91 Å². The zero-order valence-electron chi connectivity index (χ0n) is 19.5. The van der Waals surface area contributed by atoms with Gasteiger partial charge < -0.3 is 18.7 Å². The highest BCUT2D eigenvalue weighted by Crippen LogP contribution is 2.29. The lowest BCUT2D eigenvalue weighted by Crippen LogP contribution is -2.29. The van der Waals surface area contributed by atoms with Crippen LogP contribution in [-0.4, -0.2) is 51.8 Å². The molecule has 0 saturated carbocycles. The first-order valence-electron chi connectivity index (χ1n) is 12.0. The van der Waals surface area contributed by atoms with E-state index in [4.69, 9.17) is 9.26 Å². The van der Waals surface area contributed by atoms with Crippen LogP contribution in [0.4, 0.5) is 0 Å². The number of hydrogen-bond donors (Lipinski definition) is 0. The summed E-state index contributed by atoms with van der Waals surface area (Å²) in [5.74, 6) is 2.47. The molecule has 0 spiro atoms. The molecule has 2 fully saturated rings. The molecule has 7 heteroatoms. The average molecular weight is 449 g/mol. The van der Waals surface area contributed by atoms with Crippen molar-refractivity contribution in [3.8, 4) is 11.3 Å². The van der Waals surface area contributed by atoms with Gasteiger partial charge in [-0.15, -0.1) is 0 Å². The fourth-order valence-electron chi connectivity index (χ4n) is 5.04. The number of ether oxygens (including phenoxy) is 1. The standard InChI is InChI=1S/C26H32N4O3/c1-18-22(16-23(29(18)2)20-6-4-3-5-7-20)26(31)30-13-10-19(17-30)8-9-24-27-25(33-28-24)21-11-14-32-15-12-21/h3-7,16,19,21H,8-15,17H2,1-2H3. The van der Waals surface area contributed by atoms with E-state index in [1.807, 2.05) is 43.1 Å². The quantitative estimate of drug-likeness (QED) is 0.560. The maximum Gasteiger partial charge on any atom is 0.255 e. The van der Waals surface area contributed by atoms with Crippen molar-refractivity contribution in [1.29, 1.82) is 0 Å². The normalized spacial score (nSPS) is 19.3. The van der Waals surface area contributed by atoms with E-state index in [0.717, 1.165) is 92.6 Å².